The molecule has 0 heterocycles. The lowest BCUT2D eigenvalue weighted by Gasteiger charge is -2.01. The Morgan fingerprint density at radius 1 is 1.25 bits per heavy atom. The first-order valence-electron chi connectivity index (χ1n) is 4.47. The van der Waals surface area contributed by atoms with Crippen molar-refractivity contribution in [1.82, 2.24) is 0 Å². The summed E-state index contributed by atoms with van der Waals surface area (Å²) >= 11 is 3.62. The topological polar surface area (TPSA) is 3.01 Å². The molecule has 3 heteroatoms. The van der Waals surface area contributed by atoms with Crippen LogP contribution in [0.15, 0.2) is 0 Å². The van der Waals surface area contributed by atoms with Crippen LogP contribution in [-0.4, -0.2) is 28.7 Å². The SMILES string of the molecule is CCCC(Br)C=[N+](CC)CC.[Br-]. The van der Waals surface area contributed by atoms with Crippen molar-refractivity contribution in [3.05, 3.63) is 0 Å². The summed E-state index contributed by atoms with van der Waals surface area (Å²) < 4.78 is 2.33. The molecule has 0 radical (unpaired) electrons. The van der Waals surface area contributed by atoms with E-state index in [1.54, 1.807) is 0 Å². The Labute approximate surface area is 95.1 Å². The molecule has 1 unspecified atom stereocenters. The van der Waals surface area contributed by atoms with Crippen LogP contribution in [0.4, 0.5) is 0 Å². The van der Waals surface area contributed by atoms with Crippen molar-refractivity contribution >= 4 is 22.1 Å². The van der Waals surface area contributed by atoms with Crippen molar-refractivity contribution in [1.29, 1.82) is 0 Å². The quantitative estimate of drug-likeness (QED) is 0.372. The largest absolute Gasteiger partial charge is 1.00 e. The van der Waals surface area contributed by atoms with Gasteiger partial charge in [-0.25, -0.2) is 4.58 Å². The van der Waals surface area contributed by atoms with Crippen LogP contribution < -0.4 is 17.0 Å². The van der Waals surface area contributed by atoms with E-state index in [0.717, 1.165) is 13.1 Å². The molecule has 0 aliphatic carbocycles. The van der Waals surface area contributed by atoms with E-state index in [-0.39, 0.29) is 17.0 Å². The molecule has 0 N–H and O–H groups in total. The summed E-state index contributed by atoms with van der Waals surface area (Å²) in [6, 6.07) is 0. The minimum absolute atomic E-state index is 0. The smallest absolute Gasteiger partial charge is 0.153 e. The zero-order chi connectivity index (χ0) is 8.69. The highest BCUT2D eigenvalue weighted by atomic mass is 79.9. The molecule has 0 rings (SSSR count). The summed E-state index contributed by atoms with van der Waals surface area (Å²) in [5, 5.41) is 0. The first-order valence-corrected chi connectivity index (χ1v) is 5.39. The molecule has 0 bridgehead atoms. The lowest BCUT2D eigenvalue weighted by Crippen LogP contribution is -3.00. The fourth-order valence-electron chi connectivity index (χ4n) is 1.01. The Morgan fingerprint density at radius 2 is 1.75 bits per heavy atom. The number of nitrogens with zero attached hydrogens (tertiary/aromatic N) is 1. The Balaban J connectivity index is 0. The van der Waals surface area contributed by atoms with E-state index in [2.05, 4.69) is 47.5 Å². The van der Waals surface area contributed by atoms with Crippen LogP contribution in [0, 0.1) is 0 Å². The van der Waals surface area contributed by atoms with Gasteiger partial charge in [-0.15, -0.1) is 0 Å². The monoisotopic (exact) mass is 299 g/mol. The van der Waals surface area contributed by atoms with Crippen molar-refractivity contribution in [2.24, 2.45) is 0 Å². The summed E-state index contributed by atoms with van der Waals surface area (Å²) in [5.41, 5.74) is 0. The average molecular weight is 301 g/mol. The highest BCUT2D eigenvalue weighted by Gasteiger charge is 2.04. The predicted octanol–water partition coefficient (Wildman–Crippen LogP) is -0.323. The Bertz CT molecular complexity index is 118. The molecule has 0 aliphatic rings. The van der Waals surface area contributed by atoms with E-state index in [1.165, 1.54) is 12.8 Å². The third-order valence-electron chi connectivity index (χ3n) is 1.75. The molecule has 0 amide bonds. The molecule has 0 aromatic rings. The highest BCUT2D eigenvalue weighted by Crippen LogP contribution is 2.04. The molecule has 0 aliphatic heterocycles. The van der Waals surface area contributed by atoms with Gasteiger partial charge in [0.05, 0.1) is 4.83 Å². The normalized spacial score (nSPS) is 11.7. The zero-order valence-corrected chi connectivity index (χ0v) is 11.4. The maximum Gasteiger partial charge on any atom is 0.153 e. The van der Waals surface area contributed by atoms with Gasteiger partial charge in [-0.1, -0.05) is 29.3 Å². The van der Waals surface area contributed by atoms with E-state index < -0.39 is 0 Å². The van der Waals surface area contributed by atoms with Gasteiger partial charge in [0.15, 0.2) is 6.21 Å². The standard InChI is InChI=1S/C9H19BrN.BrH/c1-4-7-9(10)8-11(5-2)6-3;/h8-9H,4-7H2,1-3H3;1H/q+1;/p-1. The fraction of sp³-hybridized carbons (Fsp3) is 0.889. The van der Waals surface area contributed by atoms with Crippen LogP contribution in [0.1, 0.15) is 33.6 Å². The van der Waals surface area contributed by atoms with Crippen molar-refractivity contribution in [2.45, 2.75) is 38.4 Å². The van der Waals surface area contributed by atoms with Gasteiger partial charge in [0.1, 0.15) is 13.1 Å². The zero-order valence-electron chi connectivity index (χ0n) is 8.19. The molecular formula is C9H19Br2N. The molecule has 1 nitrogen and oxygen atoms in total. The fourth-order valence-corrected chi connectivity index (χ4v) is 1.81. The Morgan fingerprint density at radius 3 is 2.08 bits per heavy atom. The lowest BCUT2D eigenvalue weighted by molar-refractivity contribution is -0.516. The summed E-state index contributed by atoms with van der Waals surface area (Å²) in [7, 11) is 0. The maximum atomic E-state index is 3.62. The molecule has 12 heavy (non-hydrogen) atoms. The van der Waals surface area contributed by atoms with Crippen molar-refractivity contribution < 1.29 is 21.6 Å². The van der Waals surface area contributed by atoms with Crippen LogP contribution in [0.5, 0.6) is 0 Å². The number of rotatable bonds is 5. The summed E-state index contributed by atoms with van der Waals surface area (Å²) in [6.07, 6.45) is 4.76. The van der Waals surface area contributed by atoms with Crippen LogP contribution in [0.3, 0.4) is 0 Å². The van der Waals surface area contributed by atoms with Gasteiger partial charge in [-0.3, -0.25) is 0 Å². The lowest BCUT2D eigenvalue weighted by atomic mass is 10.3. The van der Waals surface area contributed by atoms with Gasteiger partial charge in [0, 0.05) is 0 Å². The maximum absolute atomic E-state index is 3.62. The summed E-state index contributed by atoms with van der Waals surface area (Å²) in [6.45, 7) is 8.81. The van der Waals surface area contributed by atoms with Gasteiger partial charge in [-0.05, 0) is 20.3 Å². The van der Waals surface area contributed by atoms with E-state index in [0.29, 0.717) is 4.83 Å². The molecule has 0 spiro atoms. The van der Waals surface area contributed by atoms with Crippen LogP contribution in [-0.2, 0) is 0 Å². The molecule has 0 aromatic carbocycles. The van der Waals surface area contributed by atoms with Crippen molar-refractivity contribution in [3.8, 4) is 0 Å². The predicted molar refractivity (Wildman–Crippen MR) is 55.0 cm³/mol. The van der Waals surface area contributed by atoms with Gasteiger partial charge in [-0.2, -0.15) is 0 Å². The number of hydrogen-bond acceptors (Lipinski definition) is 0. The minimum Gasteiger partial charge on any atom is -1.00 e. The van der Waals surface area contributed by atoms with E-state index >= 15 is 0 Å². The molecule has 74 valence electrons. The molecule has 0 fully saturated rings. The second-order valence-corrected chi connectivity index (χ2v) is 3.85. The van der Waals surface area contributed by atoms with Gasteiger partial charge < -0.3 is 17.0 Å². The van der Waals surface area contributed by atoms with E-state index in [1.807, 2.05) is 0 Å². The first kappa shape index (κ1) is 15.1. The van der Waals surface area contributed by atoms with Crippen molar-refractivity contribution in [3.63, 3.8) is 0 Å². The van der Waals surface area contributed by atoms with Gasteiger partial charge in [0.2, 0.25) is 0 Å². The molecule has 0 aromatic heterocycles. The van der Waals surface area contributed by atoms with Crippen LogP contribution >= 0.6 is 15.9 Å². The third-order valence-corrected chi connectivity index (χ3v) is 2.44. The second kappa shape index (κ2) is 9.72. The van der Waals surface area contributed by atoms with Gasteiger partial charge >= 0.3 is 0 Å². The van der Waals surface area contributed by atoms with E-state index in [9.17, 15) is 0 Å². The third kappa shape index (κ3) is 7.29. The van der Waals surface area contributed by atoms with E-state index in [4.69, 9.17) is 0 Å². The van der Waals surface area contributed by atoms with Crippen LogP contribution in [0.2, 0.25) is 0 Å². The number of halogens is 2. The highest BCUT2D eigenvalue weighted by molar-refractivity contribution is 9.09. The summed E-state index contributed by atoms with van der Waals surface area (Å²) in [5.74, 6) is 0. The molecule has 0 saturated heterocycles. The molecule has 1 atom stereocenters. The second-order valence-electron chi connectivity index (χ2n) is 2.67. The van der Waals surface area contributed by atoms with Crippen molar-refractivity contribution in [2.75, 3.05) is 13.1 Å². The number of alkyl halides is 1. The number of hydrogen-bond donors (Lipinski definition) is 0. The van der Waals surface area contributed by atoms with Gasteiger partial charge in [0.25, 0.3) is 0 Å². The summed E-state index contributed by atoms with van der Waals surface area (Å²) in [4.78, 5) is 0.562. The first-order chi connectivity index (χ1) is 5.24. The Kier molecular flexibility index (Phi) is 12.2. The minimum atomic E-state index is 0. The van der Waals surface area contributed by atoms with Crippen LogP contribution in [0.25, 0.3) is 0 Å². The Hall–Kier alpha value is 0.630. The molecular weight excluding hydrogens is 282 g/mol. The average Bonchev–Trinajstić information content (AvgIpc) is 2.01. The molecule has 0 saturated carbocycles.